The fourth-order valence-electron chi connectivity index (χ4n) is 1.65. The number of imidazole rings is 1. The highest BCUT2D eigenvalue weighted by molar-refractivity contribution is 7.05. The summed E-state index contributed by atoms with van der Waals surface area (Å²) in [6.45, 7) is 6.66. The van der Waals surface area contributed by atoms with Gasteiger partial charge in [-0.3, -0.25) is 0 Å². The van der Waals surface area contributed by atoms with Crippen molar-refractivity contribution in [2.24, 2.45) is 0 Å². The molecule has 0 saturated carbocycles. The second-order valence-corrected chi connectivity index (χ2v) is 4.92. The monoisotopic (exact) mass is 296 g/mol. The molecule has 0 aliphatic heterocycles. The van der Waals surface area contributed by atoms with Gasteiger partial charge in [-0.2, -0.15) is 0 Å². The lowest BCUT2D eigenvalue weighted by Gasteiger charge is -1.98. The number of rotatable bonds is 6. The van der Waals surface area contributed by atoms with Crippen LogP contribution in [0.25, 0.3) is 0 Å². The predicted molar refractivity (Wildman–Crippen MR) is 82.6 cm³/mol. The zero-order valence-corrected chi connectivity index (χ0v) is 13.2. The van der Waals surface area contributed by atoms with E-state index in [4.69, 9.17) is 21.0 Å². The molecular formula is C15H21BN6. The molecule has 1 heterocycles. The number of nitriles is 4. The topological polar surface area (TPSA) is 104 Å². The Morgan fingerprint density at radius 1 is 0.955 bits per heavy atom. The third-order valence-electron chi connectivity index (χ3n) is 3.16. The SMILES string of the molecule is CCCCCC[n+]1ccn(CC)c1.N#C[B-](C#N)(C#N)C#N. The lowest BCUT2D eigenvalue weighted by Crippen LogP contribution is -2.30. The summed E-state index contributed by atoms with van der Waals surface area (Å²) >= 11 is 0. The van der Waals surface area contributed by atoms with Gasteiger partial charge in [0.05, 0.1) is 13.1 Å². The van der Waals surface area contributed by atoms with Crippen LogP contribution in [0.3, 0.4) is 0 Å². The van der Waals surface area contributed by atoms with Crippen LogP contribution in [-0.2, 0) is 13.1 Å². The van der Waals surface area contributed by atoms with Crippen LogP contribution >= 0.6 is 0 Å². The van der Waals surface area contributed by atoms with Gasteiger partial charge in [-0.1, -0.05) is 19.8 Å². The molecule has 22 heavy (non-hydrogen) atoms. The summed E-state index contributed by atoms with van der Waals surface area (Å²) in [6, 6.07) is 0. The molecule has 1 rings (SSSR count). The molecule has 7 heteroatoms. The third kappa shape index (κ3) is 6.60. The molecule has 6 nitrogen and oxygen atoms in total. The average Bonchev–Trinajstić information content (AvgIpc) is 3.03. The molecule has 1 aromatic rings. The second kappa shape index (κ2) is 11.0. The number of unbranched alkanes of at least 4 members (excludes halogenated alkanes) is 3. The van der Waals surface area contributed by atoms with Gasteiger partial charge in [0.2, 0.25) is 6.33 Å². The fraction of sp³-hybridized carbons (Fsp3) is 0.533. The highest BCUT2D eigenvalue weighted by Gasteiger charge is 2.22. The van der Waals surface area contributed by atoms with Crippen molar-refractivity contribution in [3.05, 3.63) is 18.7 Å². The molecule has 1 aromatic heterocycles. The zero-order valence-electron chi connectivity index (χ0n) is 13.2. The number of nitrogens with zero attached hydrogens (tertiary/aromatic N) is 6. The molecule has 0 aliphatic rings. The molecule has 0 atom stereocenters. The summed E-state index contributed by atoms with van der Waals surface area (Å²) in [5, 5.41) is 32.3. The first-order valence-electron chi connectivity index (χ1n) is 7.46. The van der Waals surface area contributed by atoms with Crippen LogP contribution in [0.15, 0.2) is 18.7 Å². The minimum Gasteiger partial charge on any atom is -0.245 e. The van der Waals surface area contributed by atoms with E-state index in [1.54, 1.807) is 0 Å². The Bertz CT molecular complexity index is 546. The van der Waals surface area contributed by atoms with Crippen LogP contribution in [0.4, 0.5) is 0 Å². The molecule has 0 bridgehead atoms. The molecule has 0 aromatic carbocycles. The maximum atomic E-state index is 8.09. The van der Waals surface area contributed by atoms with Gasteiger partial charge in [0.25, 0.3) is 0 Å². The van der Waals surface area contributed by atoms with Crippen molar-refractivity contribution in [1.82, 2.24) is 4.57 Å². The van der Waals surface area contributed by atoms with E-state index in [9.17, 15) is 0 Å². The van der Waals surface area contributed by atoms with E-state index in [2.05, 4.69) is 41.7 Å². The minimum absolute atomic E-state index is 1.07. The van der Waals surface area contributed by atoms with Crippen LogP contribution < -0.4 is 4.57 Å². The Morgan fingerprint density at radius 3 is 1.91 bits per heavy atom. The highest BCUT2D eigenvalue weighted by Crippen LogP contribution is 1.98. The van der Waals surface area contributed by atoms with Crippen LogP contribution in [0, 0.1) is 44.9 Å². The van der Waals surface area contributed by atoms with Gasteiger partial charge in [0, 0.05) is 0 Å². The van der Waals surface area contributed by atoms with Crippen molar-refractivity contribution in [2.45, 2.75) is 52.6 Å². The van der Waals surface area contributed by atoms with Gasteiger partial charge in [0.1, 0.15) is 12.4 Å². The van der Waals surface area contributed by atoms with Crippen molar-refractivity contribution >= 4 is 6.15 Å². The van der Waals surface area contributed by atoms with Gasteiger partial charge in [0.15, 0.2) is 0 Å². The van der Waals surface area contributed by atoms with E-state index in [-0.39, 0.29) is 0 Å². The van der Waals surface area contributed by atoms with E-state index in [1.807, 2.05) is 0 Å². The minimum atomic E-state index is -2.72. The fourth-order valence-corrected chi connectivity index (χ4v) is 1.65. The van der Waals surface area contributed by atoms with Crippen molar-refractivity contribution in [3.8, 4) is 23.9 Å². The van der Waals surface area contributed by atoms with Gasteiger partial charge in [-0.15, -0.1) is 23.9 Å². The summed E-state index contributed by atoms with van der Waals surface area (Å²) in [7, 11) is 0. The third-order valence-corrected chi connectivity index (χ3v) is 3.16. The van der Waals surface area contributed by atoms with E-state index in [1.165, 1.54) is 56.1 Å². The summed E-state index contributed by atoms with van der Waals surface area (Å²) < 4.78 is 4.49. The Balaban J connectivity index is 0.000000433. The number of hydrogen-bond donors (Lipinski definition) is 0. The van der Waals surface area contributed by atoms with Crippen LogP contribution in [-0.4, -0.2) is 10.7 Å². The molecule has 0 spiro atoms. The van der Waals surface area contributed by atoms with Gasteiger partial charge in [-0.25, -0.2) is 30.2 Å². The smallest absolute Gasteiger partial charge is 0.245 e. The van der Waals surface area contributed by atoms with Crippen molar-refractivity contribution in [2.75, 3.05) is 0 Å². The number of aromatic nitrogens is 2. The van der Waals surface area contributed by atoms with Crippen LogP contribution in [0.5, 0.6) is 0 Å². The molecule has 0 saturated heterocycles. The first-order valence-corrected chi connectivity index (χ1v) is 7.46. The van der Waals surface area contributed by atoms with E-state index < -0.39 is 6.15 Å². The summed E-state index contributed by atoms with van der Waals surface area (Å²) in [6.07, 6.45) is 9.13. The van der Waals surface area contributed by atoms with Gasteiger partial charge < -0.3 is 0 Å². The lowest BCUT2D eigenvalue weighted by molar-refractivity contribution is -0.696. The highest BCUT2D eigenvalue weighted by atomic mass is 15.1. The molecule has 0 radical (unpaired) electrons. The Morgan fingerprint density at radius 2 is 1.55 bits per heavy atom. The van der Waals surface area contributed by atoms with Crippen molar-refractivity contribution in [1.29, 1.82) is 21.0 Å². The maximum Gasteiger partial charge on any atom is 0.383 e. The number of aryl methyl sites for hydroxylation is 2. The lowest BCUT2D eigenvalue weighted by atomic mass is 9.30. The Kier molecular flexibility index (Phi) is 9.58. The molecule has 0 aliphatic carbocycles. The van der Waals surface area contributed by atoms with Crippen LogP contribution in [0.1, 0.15) is 39.5 Å². The van der Waals surface area contributed by atoms with Crippen LogP contribution in [0.2, 0.25) is 0 Å². The Hall–Kier alpha value is -2.77. The average molecular weight is 296 g/mol. The van der Waals surface area contributed by atoms with E-state index in [0.29, 0.717) is 0 Å². The quantitative estimate of drug-likeness (QED) is 0.455. The molecule has 114 valence electrons. The zero-order chi connectivity index (χ0) is 16.8. The summed E-state index contributed by atoms with van der Waals surface area (Å²) in [4.78, 5) is 0. The summed E-state index contributed by atoms with van der Waals surface area (Å²) in [5.74, 6) is 5.38. The largest absolute Gasteiger partial charge is 0.383 e. The summed E-state index contributed by atoms with van der Waals surface area (Å²) in [5.41, 5.74) is 0. The van der Waals surface area contributed by atoms with E-state index >= 15 is 0 Å². The number of hydrogen-bond acceptors (Lipinski definition) is 4. The first kappa shape index (κ1) is 19.2. The predicted octanol–water partition coefficient (Wildman–Crippen LogP) is 2.06. The molecular weight excluding hydrogens is 275 g/mol. The first-order chi connectivity index (χ1) is 10.6. The van der Waals surface area contributed by atoms with E-state index in [0.717, 1.165) is 6.54 Å². The van der Waals surface area contributed by atoms with Gasteiger partial charge >= 0.3 is 6.15 Å². The maximum absolute atomic E-state index is 8.09. The second-order valence-electron chi connectivity index (χ2n) is 4.92. The Labute approximate surface area is 132 Å². The van der Waals surface area contributed by atoms with Gasteiger partial charge in [-0.05, 0) is 19.8 Å². The molecule has 0 unspecified atom stereocenters. The molecule has 0 N–H and O–H groups in total. The molecule has 0 fully saturated rings. The normalized spacial score (nSPS) is 9.36. The molecule has 0 amide bonds. The van der Waals surface area contributed by atoms with Crippen molar-refractivity contribution < 1.29 is 4.57 Å². The standard InChI is InChI=1S/C11H21N2.C4BN4/c1-3-5-6-7-8-13-10-9-12(4-2)11-13;6-1-5(2-7,3-8)4-9/h9-11H,3-8H2,1-2H3;/q+1;-1. The van der Waals surface area contributed by atoms with Crippen molar-refractivity contribution in [3.63, 3.8) is 0 Å².